The van der Waals surface area contributed by atoms with Crippen molar-refractivity contribution in [2.75, 3.05) is 29.5 Å². The van der Waals surface area contributed by atoms with E-state index in [-0.39, 0.29) is 40.4 Å². The average Bonchev–Trinajstić information content (AvgIpc) is 3.60. The number of benzene rings is 2. The van der Waals surface area contributed by atoms with Crippen LogP contribution in [0.25, 0.3) is 16.8 Å². The number of sulfone groups is 1. The molecule has 0 amide bonds. The molecule has 0 N–H and O–H groups in total. The minimum Gasteiger partial charge on any atom is -0.369 e. The minimum absolute atomic E-state index is 0.0173. The first kappa shape index (κ1) is 28.6. The van der Waals surface area contributed by atoms with Crippen molar-refractivity contribution in [1.82, 2.24) is 9.78 Å². The highest BCUT2D eigenvalue weighted by Gasteiger charge is 2.49. The van der Waals surface area contributed by atoms with Gasteiger partial charge in [0.2, 0.25) is 0 Å². The first-order valence-corrected chi connectivity index (χ1v) is 16.6. The predicted octanol–water partition coefficient (Wildman–Crippen LogP) is 6.09. The number of ketones is 1. The number of hydrogen-bond acceptors (Lipinski definition) is 6. The van der Waals surface area contributed by atoms with Crippen LogP contribution < -0.4 is 4.90 Å². The van der Waals surface area contributed by atoms with Crippen molar-refractivity contribution < 1.29 is 17.6 Å². The van der Waals surface area contributed by atoms with Gasteiger partial charge in [-0.3, -0.25) is 4.79 Å². The van der Waals surface area contributed by atoms with E-state index in [0.29, 0.717) is 19.5 Å². The number of rotatable bonds is 7. The van der Waals surface area contributed by atoms with Gasteiger partial charge in [-0.2, -0.15) is 10.4 Å². The molecular formula is C33H37FN4O3S. The number of anilines is 1. The van der Waals surface area contributed by atoms with E-state index >= 15 is 0 Å². The Morgan fingerprint density at radius 2 is 1.67 bits per heavy atom. The highest BCUT2D eigenvalue weighted by Crippen LogP contribution is 2.53. The molecule has 1 aliphatic heterocycles. The Balaban J connectivity index is 1.37. The lowest BCUT2D eigenvalue weighted by atomic mass is 9.63. The summed E-state index contributed by atoms with van der Waals surface area (Å²) < 4.78 is 39.3. The van der Waals surface area contributed by atoms with E-state index in [2.05, 4.69) is 24.8 Å². The molecule has 0 radical (unpaired) electrons. The number of hydrogen-bond donors (Lipinski definition) is 0. The summed E-state index contributed by atoms with van der Waals surface area (Å²) in [6, 6.07) is 16.7. The Bertz CT molecular complexity index is 1620. The number of aromatic nitrogens is 2. The molecule has 6 rings (SSSR count). The Morgan fingerprint density at radius 3 is 2.29 bits per heavy atom. The zero-order valence-corrected chi connectivity index (χ0v) is 25.0. The third-order valence-electron chi connectivity index (χ3n) is 9.48. The Hall–Kier alpha value is -3.51. The monoisotopic (exact) mass is 588 g/mol. The van der Waals surface area contributed by atoms with Crippen LogP contribution in [-0.4, -0.2) is 48.6 Å². The fraction of sp³-hybridized carbons (Fsp3) is 0.485. The van der Waals surface area contributed by atoms with Gasteiger partial charge in [0.15, 0.2) is 9.84 Å². The van der Waals surface area contributed by atoms with Crippen molar-refractivity contribution in [3.05, 3.63) is 66.2 Å². The van der Waals surface area contributed by atoms with Crippen molar-refractivity contribution in [2.45, 2.75) is 58.3 Å². The van der Waals surface area contributed by atoms with Gasteiger partial charge in [-0.15, -0.1) is 0 Å². The van der Waals surface area contributed by atoms with Crippen molar-refractivity contribution in [2.24, 2.45) is 16.7 Å². The van der Waals surface area contributed by atoms with Crippen LogP contribution in [-0.2, 0) is 14.6 Å². The molecule has 220 valence electrons. The largest absolute Gasteiger partial charge is 0.369 e. The van der Waals surface area contributed by atoms with Crippen LogP contribution >= 0.6 is 0 Å². The molecule has 2 atom stereocenters. The number of nitriles is 1. The Morgan fingerprint density at radius 1 is 1.02 bits per heavy atom. The van der Waals surface area contributed by atoms with Crippen LogP contribution in [0, 0.1) is 33.9 Å². The zero-order valence-electron chi connectivity index (χ0n) is 24.2. The van der Waals surface area contributed by atoms with Gasteiger partial charge in [0.05, 0.1) is 34.4 Å². The zero-order chi connectivity index (χ0) is 29.7. The maximum atomic E-state index is 13.8. The predicted molar refractivity (Wildman–Crippen MR) is 161 cm³/mol. The second-order valence-corrected chi connectivity index (χ2v) is 15.5. The smallest absolute Gasteiger partial charge is 0.153 e. The van der Waals surface area contributed by atoms with Crippen LogP contribution in [0.5, 0.6) is 0 Å². The summed E-state index contributed by atoms with van der Waals surface area (Å²) >= 11 is 0. The van der Waals surface area contributed by atoms with Gasteiger partial charge in [0.25, 0.3) is 0 Å². The molecule has 0 spiro atoms. The lowest BCUT2D eigenvalue weighted by Gasteiger charge is -2.40. The SMILES string of the molecule is CC1(C)CCC(c2nn(-c3ccc(F)cc3)cc2-c2ccc(N3CCS(=O)(=O)CC3)cc2)C(C(=O)CC2(C#N)CC2)C1. The van der Waals surface area contributed by atoms with E-state index in [1.54, 1.807) is 16.8 Å². The Kier molecular flexibility index (Phi) is 7.25. The van der Waals surface area contributed by atoms with E-state index in [1.807, 2.05) is 30.5 Å². The van der Waals surface area contributed by atoms with E-state index in [9.17, 15) is 22.9 Å². The second-order valence-electron chi connectivity index (χ2n) is 13.2. The molecule has 0 bridgehead atoms. The maximum Gasteiger partial charge on any atom is 0.153 e. The molecule has 2 saturated carbocycles. The van der Waals surface area contributed by atoms with Crippen molar-refractivity contribution in [3.63, 3.8) is 0 Å². The van der Waals surface area contributed by atoms with Gasteiger partial charge in [-0.1, -0.05) is 26.0 Å². The Labute approximate surface area is 247 Å². The minimum atomic E-state index is -2.97. The molecule has 3 aliphatic rings. The van der Waals surface area contributed by atoms with Gasteiger partial charge in [0, 0.05) is 48.8 Å². The van der Waals surface area contributed by atoms with Crippen LogP contribution in [0.2, 0.25) is 0 Å². The molecule has 42 heavy (non-hydrogen) atoms. The molecular weight excluding hydrogens is 551 g/mol. The third-order valence-corrected chi connectivity index (χ3v) is 11.1. The highest BCUT2D eigenvalue weighted by atomic mass is 32.2. The summed E-state index contributed by atoms with van der Waals surface area (Å²) in [7, 11) is -2.97. The summed E-state index contributed by atoms with van der Waals surface area (Å²) in [6.45, 7) is 5.37. The summed E-state index contributed by atoms with van der Waals surface area (Å²) in [5.74, 6) is -0.176. The quantitative estimate of drug-likeness (QED) is 0.332. The summed E-state index contributed by atoms with van der Waals surface area (Å²) in [5, 5.41) is 14.7. The molecule has 1 aromatic heterocycles. The van der Waals surface area contributed by atoms with Gasteiger partial charge >= 0.3 is 0 Å². The van der Waals surface area contributed by atoms with Gasteiger partial charge in [0.1, 0.15) is 11.6 Å². The number of carbonyl (C=O) groups excluding carboxylic acids is 1. The molecule has 7 nitrogen and oxygen atoms in total. The van der Waals surface area contributed by atoms with Gasteiger partial charge in [-0.25, -0.2) is 17.5 Å². The highest BCUT2D eigenvalue weighted by molar-refractivity contribution is 7.91. The lowest BCUT2D eigenvalue weighted by Crippen LogP contribution is -2.40. The van der Waals surface area contributed by atoms with Crippen molar-refractivity contribution in [3.8, 4) is 22.9 Å². The summed E-state index contributed by atoms with van der Waals surface area (Å²) in [4.78, 5) is 15.9. The van der Waals surface area contributed by atoms with Crippen LogP contribution in [0.4, 0.5) is 10.1 Å². The summed E-state index contributed by atoms with van der Waals surface area (Å²) in [6.07, 6.45) is 6.36. The van der Waals surface area contributed by atoms with E-state index in [4.69, 9.17) is 5.10 Å². The topological polar surface area (TPSA) is 96.1 Å². The molecule has 9 heteroatoms. The molecule has 2 heterocycles. The molecule has 3 aromatic rings. The number of nitrogens with zero attached hydrogens (tertiary/aromatic N) is 4. The molecule has 2 aliphatic carbocycles. The molecule has 1 saturated heterocycles. The van der Waals surface area contributed by atoms with Crippen LogP contribution in [0.15, 0.2) is 54.7 Å². The van der Waals surface area contributed by atoms with Gasteiger partial charge < -0.3 is 4.90 Å². The molecule has 3 fully saturated rings. The van der Waals surface area contributed by atoms with Crippen molar-refractivity contribution >= 4 is 21.3 Å². The fourth-order valence-corrected chi connectivity index (χ4v) is 7.83. The number of carbonyl (C=O) groups is 1. The van der Waals surface area contributed by atoms with E-state index < -0.39 is 15.3 Å². The maximum absolute atomic E-state index is 13.8. The first-order valence-electron chi connectivity index (χ1n) is 14.8. The van der Waals surface area contributed by atoms with Crippen LogP contribution in [0.1, 0.15) is 64.0 Å². The fourth-order valence-electron chi connectivity index (χ4n) is 6.63. The van der Waals surface area contributed by atoms with E-state index in [1.165, 1.54) is 12.1 Å². The standard InChI is InChI=1S/C33H37FN4O3S/c1-32(2)12-11-27(28(19-32)30(39)20-33(22-35)13-14-33)31-29(21-38(36-31)26-9-5-24(34)6-10-26)23-3-7-25(8-4-23)37-15-17-42(40,41)18-16-37/h3-10,21,27-28H,11-20H2,1-2H3. The lowest BCUT2D eigenvalue weighted by molar-refractivity contribution is -0.126. The number of Topliss-reactive ketones (excluding diaryl/α,β-unsaturated/α-hetero) is 1. The summed E-state index contributed by atoms with van der Waals surface area (Å²) in [5.41, 5.74) is 3.96. The van der Waals surface area contributed by atoms with Crippen molar-refractivity contribution in [1.29, 1.82) is 5.26 Å². The van der Waals surface area contributed by atoms with E-state index in [0.717, 1.165) is 60.3 Å². The first-order chi connectivity index (χ1) is 20.0. The third kappa shape index (κ3) is 5.87. The normalized spacial score (nSPS) is 24.1. The molecule has 2 unspecified atom stereocenters. The van der Waals surface area contributed by atoms with Crippen LogP contribution in [0.3, 0.4) is 0 Å². The molecule has 2 aromatic carbocycles. The second kappa shape index (κ2) is 10.6. The average molecular weight is 589 g/mol. The van der Waals surface area contributed by atoms with Gasteiger partial charge in [-0.05, 0) is 79.5 Å². The number of halogens is 1.